The minimum absolute atomic E-state index is 0.0602. The average molecular weight is 322 g/mol. The molecular weight excluding hydrogens is 313 g/mol. The van der Waals surface area contributed by atoms with E-state index in [0.29, 0.717) is 10.7 Å². The van der Waals surface area contributed by atoms with E-state index in [1.807, 2.05) is 24.3 Å². The van der Waals surface area contributed by atoms with E-state index in [4.69, 9.17) is 23.2 Å². The maximum absolute atomic E-state index is 10.7. The molecule has 0 spiro atoms. The lowest BCUT2D eigenvalue weighted by molar-refractivity contribution is -0.384. The number of halogens is 2. The third-order valence-electron chi connectivity index (χ3n) is 3.17. The lowest BCUT2D eigenvalue weighted by Gasteiger charge is -2.24. The summed E-state index contributed by atoms with van der Waals surface area (Å²) in [7, 11) is 0. The Balaban J connectivity index is 2.00. The van der Waals surface area contributed by atoms with Crippen molar-refractivity contribution >= 4 is 39.7 Å². The fraction of sp³-hybridized carbons (Fsp3) is 0.0714. The second-order valence-corrected chi connectivity index (χ2v) is 5.24. The summed E-state index contributed by atoms with van der Waals surface area (Å²) >= 11 is 12.3. The fourth-order valence-corrected chi connectivity index (χ4v) is 2.69. The number of nitrogens with one attached hydrogen (secondary N) is 1. The second kappa shape index (κ2) is 5.35. The molecule has 2 aromatic rings. The Morgan fingerprint density at radius 3 is 2.67 bits per heavy atom. The van der Waals surface area contributed by atoms with Crippen molar-refractivity contribution in [1.82, 2.24) is 0 Å². The first-order valence-corrected chi connectivity index (χ1v) is 6.85. The molecule has 21 heavy (non-hydrogen) atoms. The summed E-state index contributed by atoms with van der Waals surface area (Å²) in [6.45, 7) is 0. The van der Waals surface area contributed by atoms with Gasteiger partial charge in [0.05, 0.1) is 9.95 Å². The Kier molecular flexibility index (Phi) is 3.53. The molecule has 1 N–H and O–H groups in total. The summed E-state index contributed by atoms with van der Waals surface area (Å²) in [6.07, 6.45) is -0.472. The highest BCUT2D eigenvalue weighted by atomic mass is 35.5. The van der Waals surface area contributed by atoms with Crippen LogP contribution in [-0.4, -0.2) is 10.1 Å². The van der Waals surface area contributed by atoms with Gasteiger partial charge in [-0.05, 0) is 18.2 Å². The smallest absolute Gasteiger partial charge is 0.270 e. The van der Waals surface area contributed by atoms with Gasteiger partial charge in [0.1, 0.15) is 11.3 Å². The molecule has 3 rings (SSSR count). The molecule has 0 saturated heterocycles. The Hall–Kier alpha value is -2.11. The predicted octanol–water partition coefficient (Wildman–Crippen LogP) is 4.36. The number of rotatable bonds is 2. The highest BCUT2D eigenvalue weighted by Gasteiger charge is 2.23. The number of para-hydroxylation sites is 1. The first-order chi connectivity index (χ1) is 10.1. The predicted molar refractivity (Wildman–Crippen MR) is 83.3 cm³/mol. The molecule has 106 valence electrons. The van der Waals surface area contributed by atoms with E-state index in [-0.39, 0.29) is 10.7 Å². The number of nitrogens with zero attached hydrogens (tertiary/aromatic N) is 2. The van der Waals surface area contributed by atoms with Crippen molar-refractivity contribution in [2.45, 2.75) is 6.17 Å². The Bertz CT molecular complexity index is 762. The lowest BCUT2D eigenvalue weighted by Crippen LogP contribution is -2.17. The van der Waals surface area contributed by atoms with Crippen molar-refractivity contribution < 1.29 is 4.92 Å². The molecular formula is C14H9Cl2N3O2. The average Bonchev–Trinajstić information content (AvgIpc) is 2.47. The van der Waals surface area contributed by atoms with Crippen LogP contribution in [0.5, 0.6) is 0 Å². The van der Waals surface area contributed by atoms with Gasteiger partial charge >= 0.3 is 0 Å². The zero-order valence-electron chi connectivity index (χ0n) is 10.6. The van der Waals surface area contributed by atoms with E-state index >= 15 is 0 Å². The van der Waals surface area contributed by atoms with Gasteiger partial charge in [0.2, 0.25) is 0 Å². The van der Waals surface area contributed by atoms with Gasteiger partial charge in [-0.25, -0.2) is 4.99 Å². The molecule has 0 fully saturated rings. The van der Waals surface area contributed by atoms with Crippen molar-refractivity contribution in [3.8, 4) is 0 Å². The molecule has 0 amide bonds. The fourth-order valence-electron chi connectivity index (χ4n) is 2.15. The number of non-ortho nitro benzene ring substituents is 1. The van der Waals surface area contributed by atoms with Crippen LogP contribution in [0.3, 0.4) is 0 Å². The van der Waals surface area contributed by atoms with E-state index in [9.17, 15) is 10.1 Å². The number of hydrogen-bond donors (Lipinski definition) is 1. The van der Waals surface area contributed by atoms with Crippen LogP contribution in [0.15, 0.2) is 47.5 Å². The van der Waals surface area contributed by atoms with Crippen LogP contribution in [0.1, 0.15) is 17.3 Å². The van der Waals surface area contributed by atoms with Crippen LogP contribution in [0.25, 0.3) is 0 Å². The number of fused-ring (bicyclic) bond motifs is 1. The van der Waals surface area contributed by atoms with Crippen molar-refractivity contribution in [3.05, 3.63) is 68.7 Å². The number of benzene rings is 2. The first-order valence-electron chi connectivity index (χ1n) is 6.09. The summed E-state index contributed by atoms with van der Waals surface area (Å²) in [5, 5.41) is 14.6. The number of nitro groups is 1. The van der Waals surface area contributed by atoms with Gasteiger partial charge in [0.25, 0.3) is 5.69 Å². The van der Waals surface area contributed by atoms with Gasteiger partial charge in [-0.2, -0.15) is 0 Å². The molecule has 1 heterocycles. The van der Waals surface area contributed by atoms with Crippen LogP contribution in [0.2, 0.25) is 5.02 Å². The minimum atomic E-state index is -0.491. The van der Waals surface area contributed by atoms with Crippen LogP contribution in [0, 0.1) is 10.1 Å². The number of anilines is 1. The summed E-state index contributed by atoms with van der Waals surface area (Å²) in [5.41, 5.74) is 2.23. The number of hydrogen-bond acceptors (Lipinski definition) is 4. The van der Waals surface area contributed by atoms with Crippen LogP contribution >= 0.6 is 23.2 Å². The van der Waals surface area contributed by atoms with Gasteiger partial charge in [-0.15, -0.1) is 0 Å². The maximum Gasteiger partial charge on any atom is 0.270 e. The summed E-state index contributed by atoms with van der Waals surface area (Å²) in [4.78, 5) is 14.6. The molecule has 0 saturated carbocycles. The number of nitro benzene ring substituents is 1. The Labute approximate surface area is 130 Å². The minimum Gasteiger partial charge on any atom is -0.359 e. The van der Waals surface area contributed by atoms with E-state index in [1.165, 1.54) is 12.1 Å². The molecule has 0 aromatic heterocycles. The molecule has 1 unspecified atom stereocenters. The summed E-state index contributed by atoms with van der Waals surface area (Å²) in [5.74, 6) is 0. The topological polar surface area (TPSA) is 67.5 Å². The van der Waals surface area contributed by atoms with E-state index in [0.717, 1.165) is 11.3 Å². The highest BCUT2D eigenvalue weighted by molar-refractivity contribution is 6.70. The van der Waals surface area contributed by atoms with Gasteiger partial charge in [0, 0.05) is 28.9 Å². The highest BCUT2D eigenvalue weighted by Crippen LogP contribution is 2.35. The molecule has 0 aliphatic carbocycles. The van der Waals surface area contributed by atoms with Gasteiger partial charge in [-0.3, -0.25) is 10.1 Å². The monoisotopic (exact) mass is 321 g/mol. The van der Waals surface area contributed by atoms with Crippen LogP contribution in [-0.2, 0) is 0 Å². The molecule has 2 aromatic carbocycles. The Morgan fingerprint density at radius 2 is 1.95 bits per heavy atom. The maximum atomic E-state index is 10.7. The van der Waals surface area contributed by atoms with Crippen LogP contribution in [0.4, 0.5) is 11.4 Å². The molecule has 0 radical (unpaired) electrons. The quantitative estimate of drug-likeness (QED) is 0.660. The third-order valence-corrected chi connectivity index (χ3v) is 3.80. The van der Waals surface area contributed by atoms with Gasteiger partial charge < -0.3 is 5.32 Å². The van der Waals surface area contributed by atoms with Crippen molar-refractivity contribution in [2.75, 3.05) is 5.32 Å². The van der Waals surface area contributed by atoms with Crippen molar-refractivity contribution in [2.24, 2.45) is 4.99 Å². The summed E-state index contributed by atoms with van der Waals surface area (Å²) in [6, 6.07) is 11.8. The molecule has 1 aliphatic rings. The van der Waals surface area contributed by atoms with Crippen molar-refractivity contribution in [1.29, 1.82) is 0 Å². The second-order valence-electron chi connectivity index (χ2n) is 4.48. The lowest BCUT2D eigenvalue weighted by atomic mass is 10.1. The summed E-state index contributed by atoms with van der Waals surface area (Å²) < 4.78 is 0. The third kappa shape index (κ3) is 2.57. The van der Waals surface area contributed by atoms with E-state index in [1.54, 1.807) is 6.07 Å². The van der Waals surface area contributed by atoms with Gasteiger partial charge in [-0.1, -0.05) is 35.3 Å². The molecule has 5 nitrogen and oxygen atoms in total. The Morgan fingerprint density at radius 1 is 1.19 bits per heavy atom. The molecule has 0 bridgehead atoms. The van der Waals surface area contributed by atoms with Crippen molar-refractivity contribution in [3.63, 3.8) is 0 Å². The standard InChI is InChI=1S/C14H9Cl2N3O2/c15-11-7-8(19(20)21)5-6-9(11)14-17-12-4-2-1-3-10(12)13(16)18-14/h1-7,14,17H. The van der Waals surface area contributed by atoms with E-state index in [2.05, 4.69) is 10.3 Å². The zero-order valence-corrected chi connectivity index (χ0v) is 12.1. The molecule has 1 aliphatic heterocycles. The SMILES string of the molecule is O=[N+]([O-])c1ccc(C2N=C(Cl)c3ccccc3N2)c(Cl)c1. The first kappa shape index (κ1) is 13.9. The number of aliphatic imine (C=N–C) groups is 1. The van der Waals surface area contributed by atoms with Crippen LogP contribution < -0.4 is 5.32 Å². The largest absolute Gasteiger partial charge is 0.359 e. The normalized spacial score (nSPS) is 16.7. The molecule has 1 atom stereocenters. The molecule has 7 heteroatoms. The zero-order chi connectivity index (χ0) is 15.0. The van der Waals surface area contributed by atoms with Gasteiger partial charge in [0.15, 0.2) is 0 Å². The van der Waals surface area contributed by atoms with E-state index < -0.39 is 11.1 Å².